The van der Waals surface area contributed by atoms with Gasteiger partial charge in [-0.25, -0.2) is 0 Å². The molecule has 11 aromatic carbocycles. The van der Waals surface area contributed by atoms with Crippen molar-refractivity contribution in [3.63, 3.8) is 0 Å². The van der Waals surface area contributed by atoms with E-state index in [0.29, 0.717) is 0 Å². The van der Waals surface area contributed by atoms with Gasteiger partial charge in [-0.1, -0.05) is 176 Å². The van der Waals surface area contributed by atoms with Crippen molar-refractivity contribution >= 4 is 71.1 Å². The quantitative estimate of drug-likeness (QED) is 0.150. The van der Waals surface area contributed by atoms with E-state index in [-0.39, 0.29) is 0 Å². The van der Waals surface area contributed by atoms with Crippen LogP contribution in [0.3, 0.4) is 0 Å². The van der Waals surface area contributed by atoms with Gasteiger partial charge < -0.3 is 9.32 Å². The van der Waals surface area contributed by atoms with Crippen LogP contribution in [0.4, 0.5) is 17.1 Å². The van der Waals surface area contributed by atoms with Crippen LogP contribution in [0.25, 0.3) is 98.8 Å². The number of para-hydroxylation sites is 1. The highest BCUT2D eigenvalue weighted by molar-refractivity contribution is 6.09. The number of benzene rings is 11. The zero-order valence-corrected chi connectivity index (χ0v) is 33.9. The number of rotatable bonds is 7. The molecule has 0 aliphatic rings. The van der Waals surface area contributed by atoms with Gasteiger partial charge >= 0.3 is 0 Å². The van der Waals surface area contributed by atoms with Gasteiger partial charge in [0.05, 0.1) is 0 Å². The first-order chi connectivity index (χ1) is 30.7. The van der Waals surface area contributed by atoms with Crippen molar-refractivity contribution in [2.24, 2.45) is 0 Å². The molecule has 1 heterocycles. The van der Waals surface area contributed by atoms with Gasteiger partial charge in [0.25, 0.3) is 0 Å². The number of fused-ring (bicyclic) bond motifs is 7. The van der Waals surface area contributed by atoms with Crippen LogP contribution in [0.1, 0.15) is 0 Å². The second kappa shape index (κ2) is 14.8. The van der Waals surface area contributed by atoms with Crippen molar-refractivity contribution in [2.75, 3.05) is 4.90 Å². The minimum atomic E-state index is 0.861. The molecule has 0 saturated carbocycles. The normalized spacial score (nSPS) is 11.5. The molecule has 2 heteroatoms. The van der Waals surface area contributed by atoms with Gasteiger partial charge in [0.1, 0.15) is 11.3 Å². The minimum absolute atomic E-state index is 0.861. The standard InChI is InChI=1S/C60H39NO/c1-2-10-42(11-3-1)55-33-27-46(38-58(55)60-39-49-14-6-9-17-59(49)62-60)41-24-30-51(31-25-41)61(52-32-35-57-48(37-52)21-19-44-13-5-8-16-54(44)57)50-28-22-40(23-29-50)45-26-34-56-47(36-45)20-18-43-12-4-7-15-53(43)56/h1-39H. The summed E-state index contributed by atoms with van der Waals surface area (Å²) in [6.07, 6.45) is 0. The molecule has 12 rings (SSSR count). The first-order valence-corrected chi connectivity index (χ1v) is 21.2. The molecule has 0 spiro atoms. The molecule has 0 N–H and O–H groups in total. The number of nitrogens with zero attached hydrogens (tertiary/aromatic N) is 1. The van der Waals surface area contributed by atoms with Crippen LogP contribution in [0.2, 0.25) is 0 Å². The maximum atomic E-state index is 6.47. The number of hydrogen-bond acceptors (Lipinski definition) is 2. The summed E-state index contributed by atoms with van der Waals surface area (Å²) in [5, 5.41) is 11.1. The van der Waals surface area contributed by atoms with Gasteiger partial charge in [-0.05, 0) is 137 Å². The molecule has 0 bridgehead atoms. The van der Waals surface area contributed by atoms with Crippen LogP contribution in [0, 0.1) is 0 Å². The van der Waals surface area contributed by atoms with Gasteiger partial charge in [0.2, 0.25) is 0 Å². The summed E-state index contributed by atoms with van der Waals surface area (Å²) in [6, 6.07) is 85.5. The fraction of sp³-hybridized carbons (Fsp3) is 0. The zero-order chi connectivity index (χ0) is 41.0. The lowest BCUT2D eigenvalue weighted by Gasteiger charge is -2.26. The molecule has 290 valence electrons. The molecule has 62 heavy (non-hydrogen) atoms. The minimum Gasteiger partial charge on any atom is -0.456 e. The van der Waals surface area contributed by atoms with Gasteiger partial charge in [-0.15, -0.1) is 0 Å². The highest BCUT2D eigenvalue weighted by Gasteiger charge is 2.17. The van der Waals surface area contributed by atoms with Crippen molar-refractivity contribution in [3.05, 3.63) is 237 Å². The molecule has 0 aliphatic heterocycles. The van der Waals surface area contributed by atoms with Crippen molar-refractivity contribution in [1.29, 1.82) is 0 Å². The third kappa shape index (κ3) is 6.29. The van der Waals surface area contributed by atoms with E-state index in [0.717, 1.165) is 61.6 Å². The van der Waals surface area contributed by atoms with Crippen LogP contribution in [-0.2, 0) is 0 Å². The van der Waals surface area contributed by atoms with E-state index in [2.05, 4.69) is 229 Å². The predicted molar refractivity (Wildman–Crippen MR) is 263 cm³/mol. The summed E-state index contributed by atoms with van der Waals surface area (Å²) < 4.78 is 6.47. The number of hydrogen-bond donors (Lipinski definition) is 0. The molecule has 0 amide bonds. The SMILES string of the molecule is c1ccc(-c2ccc(-c3ccc(N(c4ccc(-c5ccc6c(ccc7ccccc76)c5)cc4)c4ccc5c(ccc6ccccc65)c4)cc3)cc2-c2cc3ccccc3o2)cc1. The number of anilines is 3. The van der Waals surface area contributed by atoms with E-state index >= 15 is 0 Å². The lowest BCUT2D eigenvalue weighted by molar-refractivity contribution is 0.632. The highest BCUT2D eigenvalue weighted by atomic mass is 16.3. The summed E-state index contributed by atoms with van der Waals surface area (Å²) in [6.45, 7) is 0. The molecule has 0 fully saturated rings. The van der Waals surface area contributed by atoms with Crippen LogP contribution in [-0.4, -0.2) is 0 Å². The Morgan fingerprint density at radius 1 is 0.258 bits per heavy atom. The van der Waals surface area contributed by atoms with Gasteiger partial charge in [-0.2, -0.15) is 0 Å². The Balaban J connectivity index is 0.942. The van der Waals surface area contributed by atoms with Gasteiger partial charge in [-0.3, -0.25) is 0 Å². The Morgan fingerprint density at radius 2 is 0.742 bits per heavy atom. The third-order valence-corrected chi connectivity index (χ3v) is 12.4. The lowest BCUT2D eigenvalue weighted by atomic mass is 9.93. The van der Waals surface area contributed by atoms with E-state index in [9.17, 15) is 0 Å². The second-order valence-electron chi connectivity index (χ2n) is 16.1. The molecule has 0 atom stereocenters. The maximum Gasteiger partial charge on any atom is 0.136 e. The fourth-order valence-electron chi connectivity index (χ4n) is 9.30. The first-order valence-electron chi connectivity index (χ1n) is 21.2. The summed E-state index contributed by atoms with van der Waals surface area (Å²) >= 11 is 0. The Hall–Kier alpha value is -8.20. The summed E-state index contributed by atoms with van der Waals surface area (Å²) in [5.41, 5.74) is 12.2. The fourth-order valence-corrected chi connectivity index (χ4v) is 9.30. The summed E-state index contributed by atoms with van der Waals surface area (Å²) in [7, 11) is 0. The predicted octanol–water partition coefficient (Wildman–Crippen LogP) is 17.2. The summed E-state index contributed by atoms with van der Waals surface area (Å²) in [4.78, 5) is 2.37. The molecule has 0 saturated heterocycles. The topological polar surface area (TPSA) is 16.4 Å². The molecule has 0 aliphatic carbocycles. The van der Waals surface area contributed by atoms with E-state index in [1.165, 1.54) is 54.2 Å². The number of furan rings is 1. The van der Waals surface area contributed by atoms with Crippen LogP contribution in [0.15, 0.2) is 241 Å². The van der Waals surface area contributed by atoms with Crippen molar-refractivity contribution in [1.82, 2.24) is 0 Å². The molecular formula is C60H39NO. The Kier molecular flexibility index (Phi) is 8.53. The second-order valence-corrected chi connectivity index (χ2v) is 16.1. The van der Waals surface area contributed by atoms with Crippen LogP contribution < -0.4 is 4.90 Å². The van der Waals surface area contributed by atoms with Crippen molar-refractivity contribution in [2.45, 2.75) is 0 Å². The molecule has 1 aromatic heterocycles. The Morgan fingerprint density at radius 3 is 1.40 bits per heavy atom. The lowest BCUT2D eigenvalue weighted by Crippen LogP contribution is -2.09. The maximum absolute atomic E-state index is 6.47. The molecule has 0 unspecified atom stereocenters. The molecular weight excluding hydrogens is 751 g/mol. The van der Waals surface area contributed by atoms with Crippen molar-refractivity contribution in [3.8, 4) is 44.7 Å². The van der Waals surface area contributed by atoms with Crippen molar-refractivity contribution < 1.29 is 4.42 Å². The van der Waals surface area contributed by atoms with E-state index in [1.54, 1.807) is 0 Å². The highest BCUT2D eigenvalue weighted by Crippen LogP contribution is 2.42. The summed E-state index contributed by atoms with van der Waals surface area (Å²) in [5.74, 6) is 0.861. The first kappa shape index (κ1) is 35.7. The van der Waals surface area contributed by atoms with E-state index in [4.69, 9.17) is 4.42 Å². The van der Waals surface area contributed by atoms with E-state index < -0.39 is 0 Å². The molecule has 0 radical (unpaired) electrons. The van der Waals surface area contributed by atoms with Crippen LogP contribution in [0.5, 0.6) is 0 Å². The zero-order valence-electron chi connectivity index (χ0n) is 33.9. The van der Waals surface area contributed by atoms with Gasteiger partial charge in [0, 0.05) is 28.0 Å². The average molecular weight is 790 g/mol. The largest absolute Gasteiger partial charge is 0.456 e. The van der Waals surface area contributed by atoms with E-state index in [1.807, 2.05) is 12.1 Å². The Labute approximate surface area is 360 Å². The smallest absolute Gasteiger partial charge is 0.136 e. The monoisotopic (exact) mass is 789 g/mol. The third-order valence-electron chi connectivity index (χ3n) is 12.4. The molecule has 12 aromatic rings. The molecule has 2 nitrogen and oxygen atoms in total. The van der Waals surface area contributed by atoms with Crippen LogP contribution >= 0.6 is 0 Å². The Bertz CT molecular complexity index is 3590. The van der Waals surface area contributed by atoms with Gasteiger partial charge in [0.15, 0.2) is 0 Å². The average Bonchev–Trinajstić information content (AvgIpc) is 3.79.